The van der Waals surface area contributed by atoms with Gasteiger partial charge in [0.25, 0.3) is 0 Å². The van der Waals surface area contributed by atoms with E-state index in [1.807, 2.05) is 48.5 Å². The van der Waals surface area contributed by atoms with Crippen LogP contribution in [0.5, 0.6) is 11.5 Å². The molecule has 0 amide bonds. The Balaban J connectivity index is 1.29. The zero-order chi connectivity index (χ0) is 27.5. The first-order valence-corrected chi connectivity index (χ1v) is 16.4. The maximum atomic E-state index is 12.6. The minimum atomic E-state index is -1.12. The number of aryl methyl sites for hydroxylation is 1. The summed E-state index contributed by atoms with van der Waals surface area (Å²) in [7, 11) is 0. The molecule has 1 N–H and O–H groups in total. The van der Waals surface area contributed by atoms with E-state index in [9.17, 15) is 9.90 Å². The number of thiophene rings is 1. The molecule has 5 aromatic rings. The van der Waals surface area contributed by atoms with Crippen molar-refractivity contribution in [2.45, 2.75) is 32.7 Å². The van der Waals surface area contributed by atoms with Gasteiger partial charge in [0, 0.05) is 0 Å². The van der Waals surface area contributed by atoms with Gasteiger partial charge in [-0.25, -0.2) is 0 Å². The van der Waals surface area contributed by atoms with Crippen LogP contribution in [0.15, 0.2) is 91.0 Å². The van der Waals surface area contributed by atoms with Crippen molar-refractivity contribution in [3.8, 4) is 21.9 Å². The van der Waals surface area contributed by atoms with Crippen molar-refractivity contribution in [3.63, 3.8) is 0 Å². The zero-order valence-corrected chi connectivity index (χ0v) is 25.4. The minimum absolute atomic E-state index is 0.0692. The number of aromatic hydroxyl groups is 1. The Bertz CT molecular complexity index is 1640. The first kappa shape index (κ1) is 27.0. The van der Waals surface area contributed by atoms with Crippen molar-refractivity contribution in [1.82, 2.24) is 4.90 Å². The molecule has 0 aliphatic carbocycles. The number of carbonyl (C=O) groups excluding carboxylic acids is 1. The van der Waals surface area contributed by atoms with E-state index in [2.05, 4.69) is 42.2 Å². The van der Waals surface area contributed by atoms with Crippen LogP contribution in [0.3, 0.4) is 0 Å². The number of phenols is 1. The zero-order valence-electron chi connectivity index (χ0n) is 22.4. The minimum Gasteiger partial charge on any atom is -0.299 e. The molecule has 6 rings (SSSR count). The number of benzene rings is 4. The third-order valence-corrected chi connectivity index (χ3v) is 10.5. The topological polar surface area (TPSA) is 49.8 Å². The quantitative estimate of drug-likeness (QED) is 0.179. The summed E-state index contributed by atoms with van der Waals surface area (Å²) in [6.07, 6.45) is 3.43. The van der Waals surface area contributed by atoms with Crippen LogP contribution < -0.4 is 24.7 Å². The van der Waals surface area contributed by atoms with Gasteiger partial charge in [0.05, 0.1) is 0 Å². The van der Waals surface area contributed by atoms with Crippen LogP contribution >= 0.6 is 11.3 Å². The number of nitrogens with zero attached hydrogens (tertiary/aromatic N) is 1. The number of rotatable bonds is 9. The molecule has 2 heterocycles. The molecule has 0 saturated carbocycles. The molecule has 0 spiro atoms. The fourth-order valence-corrected chi connectivity index (χ4v) is 7.92. The summed E-state index contributed by atoms with van der Waals surface area (Å²) in [6.45, 7) is 5.66. The van der Waals surface area contributed by atoms with Gasteiger partial charge in [0.2, 0.25) is 0 Å². The molecule has 4 aromatic carbocycles. The smallest absolute Gasteiger partial charge is 0.299 e. The van der Waals surface area contributed by atoms with E-state index in [4.69, 9.17) is 3.07 Å². The molecule has 0 unspecified atom stereocenters. The molecule has 0 bridgehead atoms. The Morgan fingerprint density at radius 2 is 1.73 bits per heavy atom. The van der Waals surface area contributed by atoms with Gasteiger partial charge in [-0.3, -0.25) is 4.90 Å². The van der Waals surface area contributed by atoms with Gasteiger partial charge >= 0.3 is 220 Å². The second-order valence-corrected chi connectivity index (χ2v) is 13.2. The van der Waals surface area contributed by atoms with E-state index in [1.54, 1.807) is 23.5 Å². The second kappa shape index (κ2) is 12.1. The van der Waals surface area contributed by atoms with Crippen LogP contribution in [-0.2, 0) is 13.0 Å². The summed E-state index contributed by atoms with van der Waals surface area (Å²) >= 11 is 0.615. The first-order valence-electron chi connectivity index (χ1n) is 13.6. The third-order valence-electron chi connectivity index (χ3n) is 7.47. The molecule has 1 aliphatic rings. The van der Waals surface area contributed by atoms with Crippen molar-refractivity contribution < 1.29 is 34.6 Å². The van der Waals surface area contributed by atoms with Crippen LogP contribution in [-0.4, -0.2) is 26.9 Å². The number of carbonyl (C=O) groups is 1. The number of halogens is 1. The van der Waals surface area contributed by atoms with E-state index in [0.717, 1.165) is 29.0 Å². The standard InChI is InChI=1S/C34H31INO3S/c1-23-19-24(9-10-27(23)22-36-17-5-6-18-36)20-31-30-16-15-29(39-35-34(38)26-7-3-2-4-8-26)21-32(30)40-33(31)25-11-13-28(37)14-12-25/h2-4,7-16,19,21,37H,5-6,17-18,20,22H2,1H3/q-1. The molecular weight excluding hydrogens is 629 g/mol. The van der Waals surface area contributed by atoms with E-state index in [-0.39, 0.29) is 9.54 Å². The average Bonchev–Trinajstić information content (AvgIpc) is 3.62. The Hall–Kier alpha value is -3.20. The fourth-order valence-electron chi connectivity index (χ4n) is 5.32. The van der Waals surface area contributed by atoms with E-state index in [0.29, 0.717) is 5.56 Å². The number of phenolic OH excluding ortho intramolecular Hbond substituents is 1. The van der Waals surface area contributed by atoms with Crippen LogP contribution in [0, 0.1) is 6.92 Å². The average molecular weight is 661 g/mol. The van der Waals surface area contributed by atoms with Crippen molar-refractivity contribution in [2.75, 3.05) is 13.1 Å². The van der Waals surface area contributed by atoms with Crippen molar-refractivity contribution >= 4 is 25.2 Å². The summed E-state index contributed by atoms with van der Waals surface area (Å²) in [5.41, 5.74) is 7.12. The summed E-state index contributed by atoms with van der Waals surface area (Å²) in [6, 6.07) is 29.9. The van der Waals surface area contributed by atoms with Crippen LogP contribution in [0.2, 0.25) is 0 Å². The van der Waals surface area contributed by atoms with Crippen LogP contribution in [0.25, 0.3) is 20.5 Å². The molecule has 1 aromatic heterocycles. The molecule has 0 radical (unpaired) electrons. The molecule has 1 saturated heterocycles. The van der Waals surface area contributed by atoms with Gasteiger partial charge in [-0.1, -0.05) is 0 Å². The van der Waals surface area contributed by atoms with Gasteiger partial charge in [-0.05, 0) is 25.9 Å². The van der Waals surface area contributed by atoms with E-state index < -0.39 is 21.6 Å². The fraction of sp³-hybridized carbons (Fsp3) is 0.206. The van der Waals surface area contributed by atoms with Crippen molar-refractivity contribution in [3.05, 3.63) is 119 Å². The van der Waals surface area contributed by atoms with E-state index >= 15 is 0 Å². The van der Waals surface area contributed by atoms with E-state index in [1.165, 1.54) is 58.4 Å². The van der Waals surface area contributed by atoms with Gasteiger partial charge in [0.15, 0.2) is 0 Å². The Morgan fingerprint density at radius 3 is 2.48 bits per heavy atom. The van der Waals surface area contributed by atoms with Crippen LogP contribution in [0.1, 0.15) is 45.5 Å². The molecule has 6 heteroatoms. The first-order chi connectivity index (χ1) is 19.5. The molecule has 204 valence electrons. The number of likely N-dealkylation sites (tertiary alicyclic amines) is 1. The van der Waals surface area contributed by atoms with Gasteiger partial charge in [0.1, 0.15) is 0 Å². The summed E-state index contributed by atoms with van der Waals surface area (Å²) < 4.78 is 7.24. The molecule has 1 aliphatic heterocycles. The maximum absolute atomic E-state index is 12.6. The Labute approximate surface area is 250 Å². The monoisotopic (exact) mass is 660 g/mol. The number of fused-ring (bicyclic) bond motifs is 1. The van der Waals surface area contributed by atoms with Gasteiger partial charge in [-0.15, -0.1) is 0 Å². The molecule has 40 heavy (non-hydrogen) atoms. The van der Waals surface area contributed by atoms with Crippen molar-refractivity contribution in [2.24, 2.45) is 0 Å². The van der Waals surface area contributed by atoms with Gasteiger partial charge in [-0.2, -0.15) is 0 Å². The summed E-state index contributed by atoms with van der Waals surface area (Å²) in [5, 5.41) is 11.1. The number of hydrogen-bond donors (Lipinski definition) is 1. The SMILES string of the molecule is Cc1cc(Cc2c(-c3ccc(O)cc3)sc3cc(O[I-]C(=O)c4ccccc4)ccc23)ccc1CN1CCCC1. The molecular formula is C34H31INO3S-. The van der Waals surface area contributed by atoms with Crippen LogP contribution in [0.4, 0.5) is 0 Å². The third kappa shape index (κ3) is 6.09. The van der Waals surface area contributed by atoms with Crippen molar-refractivity contribution in [1.29, 1.82) is 0 Å². The summed E-state index contributed by atoms with van der Waals surface area (Å²) in [4.78, 5) is 16.4. The predicted molar refractivity (Wildman–Crippen MR) is 159 cm³/mol. The number of hydrogen-bond acceptors (Lipinski definition) is 5. The molecule has 0 atom stereocenters. The normalized spacial score (nSPS) is 13.7. The molecule has 1 fully saturated rings. The molecule has 4 nitrogen and oxygen atoms in total. The van der Waals surface area contributed by atoms with Gasteiger partial charge < -0.3 is 0 Å². The predicted octanol–water partition coefficient (Wildman–Crippen LogP) is 4.99. The second-order valence-electron chi connectivity index (χ2n) is 10.3. The Morgan fingerprint density at radius 1 is 0.950 bits per heavy atom. The Kier molecular flexibility index (Phi) is 8.18. The summed E-state index contributed by atoms with van der Waals surface area (Å²) in [5.74, 6) is 0.995.